The Bertz CT molecular complexity index is 455. The molecule has 0 spiro atoms. The summed E-state index contributed by atoms with van der Waals surface area (Å²) in [5.41, 5.74) is 2.74. The van der Waals surface area contributed by atoms with Crippen molar-refractivity contribution in [2.24, 2.45) is 0 Å². The van der Waals surface area contributed by atoms with Crippen LogP contribution in [0.5, 0.6) is 5.75 Å². The number of hydrogen-bond donors (Lipinski definition) is 0. The lowest BCUT2D eigenvalue weighted by Gasteiger charge is -2.18. The molecule has 3 nitrogen and oxygen atoms in total. The highest BCUT2D eigenvalue weighted by Gasteiger charge is 2.11. The van der Waals surface area contributed by atoms with Crippen molar-refractivity contribution in [1.82, 2.24) is 0 Å². The Morgan fingerprint density at radius 2 is 2.20 bits per heavy atom. The van der Waals surface area contributed by atoms with Crippen LogP contribution in [0.1, 0.15) is 5.56 Å². The number of anilines is 1. The largest absolute Gasteiger partial charge is 0.487 e. The normalized spacial score (nSPS) is 13.3. The molecule has 0 saturated heterocycles. The summed E-state index contributed by atoms with van der Waals surface area (Å²) in [4.78, 5) is 2.02. The Hall–Kier alpha value is -1.95. The van der Waals surface area contributed by atoms with Gasteiger partial charge in [0.2, 0.25) is 0 Å². The molecule has 3 heteroatoms. The number of nitrogens with zero attached hydrogens (tertiary/aromatic N) is 2. The maximum atomic E-state index is 8.75. The summed E-state index contributed by atoms with van der Waals surface area (Å²) in [7, 11) is 3.97. The van der Waals surface area contributed by atoms with Gasteiger partial charge in [0.25, 0.3) is 0 Å². The second kappa shape index (κ2) is 3.66. The molecule has 1 aliphatic heterocycles. The summed E-state index contributed by atoms with van der Waals surface area (Å²) in [6, 6.07) is 8.08. The lowest BCUT2D eigenvalue weighted by molar-refractivity contribution is 0.352. The zero-order chi connectivity index (χ0) is 10.8. The van der Waals surface area contributed by atoms with Crippen molar-refractivity contribution < 1.29 is 4.74 Å². The number of rotatable bonds is 1. The second-order valence-electron chi connectivity index (χ2n) is 3.69. The van der Waals surface area contributed by atoms with Crippen molar-refractivity contribution in [1.29, 1.82) is 5.26 Å². The number of ether oxygens (including phenoxy) is 1. The van der Waals surface area contributed by atoms with E-state index in [1.54, 1.807) is 0 Å². The van der Waals surface area contributed by atoms with E-state index in [2.05, 4.69) is 6.07 Å². The fourth-order valence-corrected chi connectivity index (χ4v) is 1.49. The molecular weight excluding hydrogens is 188 g/mol. The predicted molar refractivity (Wildman–Crippen MR) is 59.9 cm³/mol. The van der Waals surface area contributed by atoms with Gasteiger partial charge in [-0.2, -0.15) is 5.26 Å². The van der Waals surface area contributed by atoms with Gasteiger partial charge in [-0.1, -0.05) is 0 Å². The van der Waals surface area contributed by atoms with Crippen LogP contribution < -0.4 is 9.64 Å². The van der Waals surface area contributed by atoms with Gasteiger partial charge in [-0.25, -0.2) is 0 Å². The highest BCUT2D eigenvalue weighted by atomic mass is 16.5. The van der Waals surface area contributed by atoms with Gasteiger partial charge in [0.05, 0.1) is 11.6 Å². The summed E-state index contributed by atoms with van der Waals surface area (Å²) in [5.74, 6) is 0.847. The van der Waals surface area contributed by atoms with Crippen molar-refractivity contribution in [2.75, 3.05) is 25.6 Å². The molecule has 0 amide bonds. The summed E-state index contributed by atoms with van der Waals surface area (Å²) < 4.78 is 5.50. The zero-order valence-electron chi connectivity index (χ0n) is 8.82. The molecule has 0 unspecified atom stereocenters. The van der Waals surface area contributed by atoms with Crippen LogP contribution in [0, 0.1) is 11.3 Å². The number of benzene rings is 1. The molecule has 76 valence electrons. The van der Waals surface area contributed by atoms with Crippen LogP contribution in [0.2, 0.25) is 0 Å². The minimum atomic E-state index is 0.375. The van der Waals surface area contributed by atoms with Gasteiger partial charge < -0.3 is 9.64 Å². The Balaban J connectivity index is 2.42. The third kappa shape index (κ3) is 1.79. The Morgan fingerprint density at radius 1 is 1.40 bits per heavy atom. The lowest BCUT2D eigenvalue weighted by atomic mass is 10.1. The first-order valence-electron chi connectivity index (χ1n) is 4.75. The van der Waals surface area contributed by atoms with E-state index in [0.29, 0.717) is 12.2 Å². The fraction of sp³-hybridized carbons (Fsp3) is 0.250. The molecule has 0 atom stereocenters. The molecule has 0 radical (unpaired) electrons. The number of hydrogen-bond acceptors (Lipinski definition) is 3. The van der Waals surface area contributed by atoms with E-state index in [1.807, 2.05) is 43.3 Å². The van der Waals surface area contributed by atoms with Gasteiger partial charge in [0.15, 0.2) is 0 Å². The molecule has 0 aliphatic carbocycles. The van der Waals surface area contributed by atoms with Gasteiger partial charge >= 0.3 is 0 Å². The quantitative estimate of drug-likeness (QED) is 0.696. The van der Waals surface area contributed by atoms with Crippen molar-refractivity contribution >= 4 is 11.8 Å². The van der Waals surface area contributed by atoms with Crippen molar-refractivity contribution in [2.45, 2.75) is 0 Å². The van der Waals surface area contributed by atoms with Crippen molar-refractivity contribution in [3.8, 4) is 11.8 Å². The minimum absolute atomic E-state index is 0.375. The first-order chi connectivity index (χ1) is 7.20. The Labute approximate surface area is 89.2 Å². The Morgan fingerprint density at radius 3 is 2.87 bits per heavy atom. The molecule has 0 saturated carbocycles. The summed E-state index contributed by atoms with van der Waals surface area (Å²) >= 11 is 0. The summed E-state index contributed by atoms with van der Waals surface area (Å²) in [5, 5.41) is 8.75. The number of nitriles is 1. The maximum Gasteiger partial charge on any atom is 0.129 e. The van der Waals surface area contributed by atoms with Crippen LogP contribution in [0.25, 0.3) is 6.08 Å². The SMILES string of the molecule is CN(C)c1ccc2c(c1)OCC(C#N)=C2. The van der Waals surface area contributed by atoms with E-state index >= 15 is 0 Å². The predicted octanol–water partition coefficient (Wildman–Crippen LogP) is 2.05. The standard InChI is InChI=1S/C12H12N2O/c1-14(2)11-4-3-10-5-9(7-13)8-15-12(10)6-11/h3-6H,8H2,1-2H3. The molecule has 0 fully saturated rings. The fourth-order valence-electron chi connectivity index (χ4n) is 1.49. The van der Waals surface area contributed by atoms with Gasteiger partial charge in [-0.05, 0) is 18.2 Å². The van der Waals surface area contributed by atoms with Crippen LogP contribution in [-0.4, -0.2) is 20.7 Å². The molecule has 0 aromatic heterocycles. The average molecular weight is 200 g/mol. The lowest BCUT2D eigenvalue weighted by Crippen LogP contribution is -2.11. The molecule has 2 rings (SSSR count). The minimum Gasteiger partial charge on any atom is -0.487 e. The smallest absolute Gasteiger partial charge is 0.129 e. The van der Waals surface area contributed by atoms with Crippen LogP contribution in [-0.2, 0) is 0 Å². The van der Waals surface area contributed by atoms with Crippen molar-refractivity contribution in [3.05, 3.63) is 29.3 Å². The third-order valence-corrected chi connectivity index (χ3v) is 2.37. The molecule has 15 heavy (non-hydrogen) atoms. The second-order valence-corrected chi connectivity index (χ2v) is 3.69. The van der Waals surface area contributed by atoms with E-state index < -0.39 is 0 Å². The highest BCUT2D eigenvalue weighted by Crippen LogP contribution is 2.29. The molecule has 1 aromatic rings. The number of fused-ring (bicyclic) bond motifs is 1. The van der Waals surface area contributed by atoms with E-state index in [1.165, 1.54) is 0 Å². The first kappa shape index (κ1) is 9.60. The van der Waals surface area contributed by atoms with Crippen molar-refractivity contribution in [3.63, 3.8) is 0 Å². The van der Waals surface area contributed by atoms with Crippen LogP contribution in [0.15, 0.2) is 23.8 Å². The van der Waals surface area contributed by atoms with Gasteiger partial charge in [-0.3, -0.25) is 0 Å². The Kier molecular flexibility index (Phi) is 2.34. The van der Waals surface area contributed by atoms with Crippen LogP contribution >= 0.6 is 0 Å². The third-order valence-electron chi connectivity index (χ3n) is 2.37. The average Bonchev–Trinajstić information content (AvgIpc) is 2.27. The van der Waals surface area contributed by atoms with Crippen LogP contribution in [0.4, 0.5) is 5.69 Å². The molecule has 0 bridgehead atoms. The highest BCUT2D eigenvalue weighted by molar-refractivity contribution is 5.68. The van der Waals surface area contributed by atoms with Gasteiger partial charge in [-0.15, -0.1) is 0 Å². The van der Waals surface area contributed by atoms with E-state index in [-0.39, 0.29) is 0 Å². The first-order valence-corrected chi connectivity index (χ1v) is 4.75. The molecule has 1 aliphatic rings. The van der Waals surface area contributed by atoms with Crippen LogP contribution in [0.3, 0.4) is 0 Å². The van der Waals surface area contributed by atoms with Gasteiger partial charge in [0, 0.05) is 31.4 Å². The molecular formula is C12H12N2O. The molecule has 1 aromatic carbocycles. The van der Waals surface area contributed by atoms with Gasteiger partial charge in [0.1, 0.15) is 12.4 Å². The molecule has 1 heterocycles. The molecule has 0 N–H and O–H groups in total. The zero-order valence-corrected chi connectivity index (χ0v) is 8.82. The monoisotopic (exact) mass is 200 g/mol. The van der Waals surface area contributed by atoms with E-state index in [4.69, 9.17) is 10.00 Å². The summed E-state index contributed by atoms with van der Waals surface area (Å²) in [6.07, 6.45) is 1.87. The topological polar surface area (TPSA) is 36.3 Å². The van der Waals surface area contributed by atoms with E-state index in [0.717, 1.165) is 17.0 Å². The maximum absolute atomic E-state index is 8.75. The summed E-state index contributed by atoms with van der Waals surface area (Å²) in [6.45, 7) is 0.375. The van der Waals surface area contributed by atoms with E-state index in [9.17, 15) is 0 Å².